The van der Waals surface area contributed by atoms with E-state index in [1.54, 1.807) is 0 Å². The summed E-state index contributed by atoms with van der Waals surface area (Å²) in [6, 6.07) is 19.8. The third kappa shape index (κ3) is 4.97. The van der Waals surface area contributed by atoms with E-state index >= 15 is 0 Å². The van der Waals surface area contributed by atoms with Gasteiger partial charge in [0.25, 0.3) is 0 Å². The van der Waals surface area contributed by atoms with Gasteiger partial charge in [-0.15, -0.1) is 0 Å². The van der Waals surface area contributed by atoms with E-state index in [1.807, 2.05) is 72.5 Å². The number of nitrogens with one attached hydrogen (secondary N) is 1. The fourth-order valence-corrected chi connectivity index (χ4v) is 3.83. The van der Waals surface area contributed by atoms with Crippen molar-refractivity contribution in [3.05, 3.63) is 66.2 Å². The van der Waals surface area contributed by atoms with Gasteiger partial charge in [0.1, 0.15) is 0 Å². The first-order valence-electron chi connectivity index (χ1n) is 9.87. The predicted octanol–water partition coefficient (Wildman–Crippen LogP) is 4.16. The highest BCUT2D eigenvalue weighted by Crippen LogP contribution is 2.31. The number of hydrogen-bond acceptors (Lipinski definition) is 2. The van der Waals surface area contributed by atoms with E-state index in [0.717, 1.165) is 36.9 Å². The molecule has 0 unspecified atom stereocenters. The van der Waals surface area contributed by atoms with Gasteiger partial charge < -0.3 is 10.2 Å². The highest BCUT2D eigenvalue weighted by Gasteiger charge is 2.32. The van der Waals surface area contributed by atoms with Crippen molar-refractivity contribution in [2.45, 2.75) is 39.2 Å². The van der Waals surface area contributed by atoms with Crippen LogP contribution in [0.25, 0.3) is 0 Å². The van der Waals surface area contributed by atoms with Gasteiger partial charge in [0.05, 0.1) is 0 Å². The van der Waals surface area contributed by atoms with Gasteiger partial charge >= 0.3 is 0 Å². The largest absolute Gasteiger partial charge is 0.352 e. The third-order valence-electron chi connectivity index (χ3n) is 5.41. The van der Waals surface area contributed by atoms with E-state index in [4.69, 9.17) is 0 Å². The Balaban J connectivity index is 1.50. The molecule has 1 saturated carbocycles. The fraction of sp³-hybridized carbons (Fsp3) is 0.391. The van der Waals surface area contributed by atoms with E-state index in [2.05, 4.69) is 5.32 Å². The lowest BCUT2D eigenvalue weighted by atomic mass is 9.80. The first kappa shape index (κ1) is 19.2. The second-order valence-electron chi connectivity index (χ2n) is 7.17. The maximum absolute atomic E-state index is 12.9. The zero-order valence-electron chi connectivity index (χ0n) is 15.9. The molecule has 1 aliphatic carbocycles. The third-order valence-corrected chi connectivity index (χ3v) is 5.41. The second kappa shape index (κ2) is 9.36. The van der Waals surface area contributed by atoms with Crippen molar-refractivity contribution in [3.8, 4) is 0 Å². The maximum atomic E-state index is 12.9. The Bertz CT molecular complexity index is 737. The Labute approximate surface area is 161 Å². The number of anilines is 1. The summed E-state index contributed by atoms with van der Waals surface area (Å²) in [6.45, 7) is 3.24. The van der Waals surface area contributed by atoms with Gasteiger partial charge in [-0.1, -0.05) is 48.5 Å². The molecule has 27 heavy (non-hydrogen) atoms. The smallest absolute Gasteiger partial charge is 0.230 e. The Morgan fingerprint density at radius 1 is 0.889 bits per heavy atom. The summed E-state index contributed by atoms with van der Waals surface area (Å²) >= 11 is 0. The highest BCUT2D eigenvalue weighted by atomic mass is 16.2. The van der Waals surface area contributed by atoms with Gasteiger partial charge in [-0.2, -0.15) is 0 Å². The van der Waals surface area contributed by atoms with Gasteiger partial charge in [0, 0.05) is 30.6 Å². The van der Waals surface area contributed by atoms with Crippen molar-refractivity contribution >= 4 is 17.5 Å². The molecule has 0 bridgehead atoms. The molecule has 2 amide bonds. The minimum absolute atomic E-state index is 0.0170. The van der Waals surface area contributed by atoms with Crippen LogP contribution in [0.1, 0.15) is 38.2 Å². The summed E-state index contributed by atoms with van der Waals surface area (Å²) in [4.78, 5) is 27.3. The zero-order chi connectivity index (χ0) is 19.1. The molecule has 0 aromatic heterocycles. The van der Waals surface area contributed by atoms with E-state index in [-0.39, 0.29) is 23.7 Å². The summed E-state index contributed by atoms with van der Waals surface area (Å²) in [5, 5.41) is 3.04. The molecule has 0 atom stereocenters. The number of carbonyl (C=O) groups is 2. The summed E-state index contributed by atoms with van der Waals surface area (Å²) in [6.07, 6.45) is 3.13. The molecule has 0 spiro atoms. The van der Waals surface area contributed by atoms with Gasteiger partial charge in [0.2, 0.25) is 11.8 Å². The van der Waals surface area contributed by atoms with Crippen LogP contribution < -0.4 is 10.2 Å². The fourth-order valence-electron chi connectivity index (χ4n) is 3.83. The molecule has 1 aliphatic rings. The lowest BCUT2D eigenvalue weighted by Gasteiger charge is -2.31. The number of benzene rings is 2. The van der Waals surface area contributed by atoms with Crippen LogP contribution >= 0.6 is 0 Å². The Kier molecular flexibility index (Phi) is 6.64. The summed E-state index contributed by atoms with van der Waals surface area (Å²) < 4.78 is 0. The van der Waals surface area contributed by atoms with Crippen molar-refractivity contribution in [1.82, 2.24) is 5.32 Å². The quantitative estimate of drug-likeness (QED) is 0.837. The van der Waals surface area contributed by atoms with Crippen molar-refractivity contribution in [2.75, 3.05) is 11.4 Å². The number of rotatable bonds is 6. The number of carbonyl (C=O) groups excluding carboxylic acids is 2. The normalized spacial score (nSPS) is 19.3. The molecule has 4 nitrogen and oxygen atoms in total. The van der Waals surface area contributed by atoms with E-state index < -0.39 is 0 Å². The lowest BCUT2D eigenvalue weighted by molar-refractivity contribution is -0.129. The lowest BCUT2D eigenvalue weighted by Crippen LogP contribution is -2.39. The van der Waals surface area contributed by atoms with Crippen LogP contribution in [0.4, 0.5) is 5.69 Å². The summed E-state index contributed by atoms with van der Waals surface area (Å²) in [5.74, 6) is 0.333. The van der Waals surface area contributed by atoms with Crippen molar-refractivity contribution in [2.24, 2.45) is 11.8 Å². The number of amides is 2. The second-order valence-corrected chi connectivity index (χ2v) is 7.17. The van der Waals surface area contributed by atoms with Gasteiger partial charge in [0.15, 0.2) is 0 Å². The number of nitrogens with zero attached hydrogens (tertiary/aromatic N) is 1. The van der Waals surface area contributed by atoms with Crippen LogP contribution in [0.5, 0.6) is 0 Å². The molecule has 0 aliphatic heterocycles. The molecule has 2 aromatic rings. The SMILES string of the molecule is CCN(C(=O)C1CCC(C(=O)NCc2ccccc2)CC1)c1ccccc1. The number of hydrogen-bond donors (Lipinski definition) is 1. The Hall–Kier alpha value is -2.62. The monoisotopic (exact) mass is 364 g/mol. The Morgan fingerprint density at radius 3 is 2.04 bits per heavy atom. The minimum Gasteiger partial charge on any atom is -0.352 e. The van der Waals surface area contributed by atoms with Crippen molar-refractivity contribution in [1.29, 1.82) is 0 Å². The van der Waals surface area contributed by atoms with Gasteiger partial charge in [-0.05, 0) is 50.3 Å². The summed E-state index contributed by atoms with van der Waals surface area (Å²) in [7, 11) is 0. The Morgan fingerprint density at radius 2 is 1.44 bits per heavy atom. The standard InChI is InChI=1S/C23H28N2O2/c1-2-25(21-11-7-4-8-12-21)23(27)20-15-13-19(14-16-20)22(26)24-17-18-9-5-3-6-10-18/h3-12,19-20H,2,13-17H2,1H3,(H,24,26). The van der Waals surface area contributed by atoms with Crippen LogP contribution in [-0.2, 0) is 16.1 Å². The summed E-state index contributed by atoms with van der Waals surface area (Å²) in [5.41, 5.74) is 2.06. The van der Waals surface area contributed by atoms with Crippen molar-refractivity contribution in [3.63, 3.8) is 0 Å². The first-order valence-corrected chi connectivity index (χ1v) is 9.87. The zero-order valence-corrected chi connectivity index (χ0v) is 15.9. The van der Waals surface area contributed by atoms with E-state index in [9.17, 15) is 9.59 Å². The average Bonchev–Trinajstić information content (AvgIpc) is 2.74. The van der Waals surface area contributed by atoms with Crippen LogP contribution in [0.3, 0.4) is 0 Å². The van der Waals surface area contributed by atoms with Crippen LogP contribution in [-0.4, -0.2) is 18.4 Å². The average molecular weight is 364 g/mol. The van der Waals surface area contributed by atoms with Crippen LogP contribution in [0.15, 0.2) is 60.7 Å². The topological polar surface area (TPSA) is 49.4 Å². The van der Waals surface area contributed by atoms with Gasteiger partial charge in [-0.25, -0.2) is 0 Å². The molecular weight excluding hydrogens is 336 g/mol. The maximum Gasteiger partial charge on any atom is 0.230 e. The molecule has 0 saturated heterocycles. The molecule has 2 aromatic carbocycles. The van der Waals surface area contributed by atoms with Gasteiger partial charge in [-0.3, -0.25) is 9.59 Å². The highest BCUT2D eigenvalue weighted by molar-refractivity contribution is 5.95. The molecule has 4 heteroatoms. The molecule has 1 fully saturated rings. The molecule has 0 radical (unpaired) electrons. The first-order chi connectivity index (χ1) is 13.2. The molecule has 1 N–H and O–H groups in total. The molecular formula is C23H28N2O2. The molecule has 3 rings (SSSR count). The van der Waals surface area contributed by atoms with E-state index in [1.165, 1.54) is 0 Å². The minimum atomic E-state index is 0.0170. The molecule has 142 valence electrons. The predicted molar refractivity (Wildman–Crippen MR) is 108 cm³/mol. The number of para-hydroxylation sites is 1. The van der Waals surface area contributed by atoms with Crippen LogP contribution in [0.2, 0.25) is 0 Å². The van der Waals surface area contributed by atoms with Crippen LogP contribution in [0, 0.1) is 11.8 Å². The van der Waals surface area contributed by atoms with E-state index in [0.29, 0.717) is 13.1 Å². The molecule has 0 heterocycles. The van der Waals surface area contributed by atoms with Crippen molar-refractivity contribution < 1.29 is 9.59 Å².